The van der Waals surface area contributed by atoms with E-state index in [1.54, 1.807) is 30.6 Å². The maximum atomic E-state index is 13.0. The number of hydrogen-bond acceptors (Lipinski definition) is 8. The molecule has 3 heterocycles. The van der Waals surface area contributed by atoms with Crippen molar-refractivity contribution in [1.29, 1.82) is 0 Å². The van der Waals surface area contributed by atoms with E-state index < -0.39 is 0 Å². The SMILES string of the molecule is CC1COC[C@H](C)N1c1cnccc1C(=O)Nc1nnc(OCc2ccc(Cl)cc2)s1. The fourth-order valence-electron chi connectivity index (χ4n) is 3.47. The molecule has 10 heteroatoms. The molecule has 1 aromatic carbocycles. The first kappa shape index (κ1) is 21.5. The van der Waals surface area contributed by atoms with Crippen molar-refractivity contribution in [1.82, 2.24) is 15.2 Å². The summed E-state index contributed by atoms with van der Waals surface area (Å²) in [6, 6.07) is 9.33. The monoisotopic (exact) mass is 459 g/mol. The maximum absolute atomic E-state index is 13.0. The standard InChI is InChI=1S/C21H22ClN5O3S/c1-13-10-29-11-14(2)27(13)18-9-23-8-7-17(18)19(28)24-20-25-26-21(31-20)30-12-15-3-5-16(22)6-4-15/h3-9,13-14H,10-12H2,1-2H3,(H,24,25,28)/t13-,14?/m0/s1. The summed E-state index contributed by atoms with van der Waals surface area (Å²) in [5.41, 5.74) is 2.25. The predicted molar refractivity (Wildman–Crippen MR) is 120 cm³/mol. The van der Waals surface area contributed by atoms with Crippen LogP contribution >= 0.6 is 22.9 Å². The van der Waals surface area contributed by atoms with Gasteiger partial charge >= 0.3 is 0 Å². The lowest BCUT2D eigenvalue weighted by molar-refractivity contribution is 0.0754. The molecule has 2 atom stereocenters. The summed E-state index contributed by atoms with van der Waals surface area (Å²) in [7, 11) is 0. The van der Waals surface area contributed by atoms with Crippen molar-refractivity contribution < 1.29 is 14.3 Å². The molecule has 0 bridgehead atoms. The largest absolute Gasteiger partial charge is 0.464 e. The number of benzene rings is 1. The normalized spacial score (nSPS) is 18.6. The Kier molecular flexibility index (Phi) is 6.64. The average molecular weight is 460 g/mol. The number of morpholine rings is 1. The van der Waals surface area contributed by atoms with Crippen LogP contribution in [0.4, 0.5) is 10.8 Å². The Balaban J connectivity index is 1.44. The van der Waals surface area contributed by atoms with Crippen LogP contribution in [0.1, 0.15) is 29.8 Å². The number of carbonyl (C=O) groups excluding carboxylic acids is 1. The van der Waals surface area contributed by atoms with E-state index in [-0.39, 0.29) is 18.0 Å². The van der Waals surface area contributed by atoms with Gasteiger partial charge in [-0.2, -0.15) is 0 Å². The number of amides is 1. The van der Waals surface area contributed by atoms with Gasteiger partial charge in [-0.15, -0.1) is 5.10 Å². The first-order chi connectivity index (χ1) is 15.0. The minimum atomic E-state index is -0.274. The lowest BCUT2D eigenvalue weighted by atomic mass is 10.1. The van der Waals surface area contributed by atoms with Crippen LogP contribution in [0.15, 0.2) is 42.7 Å². The number of rotatable bonds is 6. The smallest absolute Gasteiger partial charge is 0.296 e. The highest BCUT2D eigenvalue weighted by atomic mass is 35.5. The molecule has 1 amide bonds. The Hall–Kier alpha value is -2.75. The number of halogens is 1. The highest BCUT2D eigenvalue weighted by Crippen LogP contribution is 2.29. The summed E-state index contributed by atoms with van der Waals surface area (Å²) in [6.45, 7) is 5.68. The van der Waals surface area contributed by atoms with E-state index in [1.165, 1.54) is 11.3 Å². The second-order valence-electron chi connectivity index (χ2n) is 7.28. The molecule has 8 nitrogen and oxygen atoms in total. The molecule has 1 unspecified atom stereocenters. The molecule has 1 aliphatic rings. The van der Waals surface area contributed by atoms with Crippen LogP contribution in [0.5, 0.6) is 5.19 Å². The van der Waals surface area contributed by atoms with E-state index in [9.17, 15) is 4.79 Å². The lowest BCUT2D eigenvalue weighted by Crippen LogP contribution is -2.50. The minimum absolute atomic E-state index is 0.133. The van der Waals surface area contributed by atoms with E-state index in [0.717, 1.165) is 11.3 Å². The Morgan fingerprint density at radius 1 is 1.23 bits per heavy atom. The zero-order chi connectivity index (χ0) is 21.8. The number of nitrogens with zero attached hydrogens (tertiary/aromatic N) is 4. The fourth-order valence-corrected chi connectivity index (χ4v) is 4.19. The Morgan fingerprint density at radius 2 is 1.97 bits per heavy atom. The third kappa shape index (κ3) is 5.12. The molecule has 3 aromatic rings. The van der Waals surface area contributed by atoms with E-state index in [0.29, 0.717) is 40.7 Å². The van der Waals surface area contributed by atoms with Gasteiger partial charge in [0.1, 0.15) is 6.61 Å². The van der Waals surface area contributed by atoms with Crippen molar-refractivity contribution in [3.05, 3.63) is 58.9 Å². The van der Waals surface area contributed by atoms with Crippen LogP contribution < -0.4 is 15.0 Å². The van der Waals surface area contributed by atoms with Gasteiger partial charge in [-0.05, 0) is 48.9 Å². The van der Waals surface area contributed by atoms with Crippen LogP contribution in [-0.4, -0.2) is 46.4 Å². The van der Waals surface area contributed by atoms with Gasteiger partial charge in [0, 0.05) is 11.2 Å². The molecule has 0 aliphatic carbocycles. The molecule has 0 radical (unpaired) electrons. The van der Waals surface area contributed by atoms with Crippen molar-refractivity contribution >= 4 is 39.7 Å². The quantitative estimate of drug-likeness (QED) is 0.595. The molecule has 1 saturated heterocycles. The topological polar surface area (TPSA) is 89.5 Å². The molecular weight excluding hydrogens is 438 g/mol. The number of hydrogen-bond donors (Lipinski definition) is 1. The van der Waals surface area contributed by atoms with Crippen molar-refractivity contribution in [3.63, 3.8) is 0 Å². The first-order valence-electron chi connectivity index (χ1n) is 9.83. The summed E-state index contributed by atoms with van der Waals surface area (Å²) in [6.07, 6.45) is 3.32. The molecular formula is C21H22ClN5O3S. The van der Waals surface area contributed by atoms with Gasteiger partial charge in [0.2, 0.25) is 5.13 Å². The predicted octanol–water partition coefficient (Wildman–Crippen LogP) is 4.03. The van der Waals surface area contributed by atoms with E-state index in [4.69, 9.17) is 21.1 Å². The van der Waals surface area contributed by atoms with Gasteiger partial charge in [-0.3, -0.25) is 15.1 Å². The maximum Gasteiger partial charge on any atom is 0.296 e. The molecule has 1 fully saturated rings. The number of carbonyl (C=O) groups is 1. The lowest BCUT2D eigenvalue weighted by Gasteiger charge is -2.41. The second kappa shape index (κ2) is 9.59. The summed E-state index contributed by atoms with van der Waals surface area (Å²) in [5.74, 6) is -0.274. The highest BCUT2D eigenvalue weighted by molar-refractivity contribution is 7.17. The summed E-state index contributed by atoms with van der Waals surface area (Å²) < 4.78 is 11.3. The summed E-state index contributed by atoms with van der Waals surface area (Å²) >= 11 is 7.06. The molecule has 2 aromatic heterocycles. The summed E-state index contributed by atoms with van der Waals surface area (Å²) in [4.78, 5) is 19.4. The van der Waals surface area contributed by atoms with Crippen molar-refractivity contribution in [2.75, 3.05) is 23.4 Å². The van der Waals surface area contributed by atoms with Crippen LogP contribution in [0, 0.1) is 0 Å². The van der Waals surface area contributed by atoms with Crippen LogP contribution in [0.2, 0.25) is 5.02 Å². The molecule has 0 spiro atoms. The van der Waals surface area contributed by atoms with Gasteiger partial charge in [0.15, 0.2) is 0 Å². The number of aromatic nitrogens is 3. The molecule has 162 valence electrons. The zero-order valence-electron chi connectivity index (χ0n) is 17.1. The summed E-state index contributed by atoms with van der Waals surface area (Å²) in [5, 5.41) is 12.2. The third-order valence-corrected chi connectivity index (χ3v) is 5.90. The second-order valence-corrected chi connectivity index (χ2v) is 8.65. The van der Waals surface area contributed by atoms with Gasteiger partial charge < -0.3 is 14.4 Å². The molecule has 0 saturated carbocycles. The Bertz CT molecular complexity index is 1040. The highest BCUT2D eigenvalue weighted by Gasteiger charge is 2.29. The van der Waals surface area contributed by atoms with Gasteiger partial charge in [-0.1, -0.05) is 28.8 Å². The van der Waals surface area contributed by atoms with Crippen LogP contribution in [-0.2, 0) is 11.3 Å². The first-order valence-corrected chi connectivity index (χ1v) is 11.0. The number of pyridine rings is 1. The Labute approximate surface area is 189 Å². The molecule has 31 heavy (non-hydrogen) atoms. The zero-order valence-corrected chi connectivity index (χ0v) is 18.7. The van der Waals surface area contributed by atoms with Crippen LogP contribution in [0.3, 0.4) is 0 Å². The minimum Gasteiger partial charge on any atom is -0.464 e. The number of nitrogens with one attached hydrogen (secondary N) is 1. The van der Waals surface area contributed by atoms with Crippen molar-refractivity contribution in [2.24, 2.45) is 0 Å². The number of ether oxygens (including phenoxy) is 2. The number of anilines is 2. The van der Waals surface area contributed by atoms with Crippen molar-refractivity contribution in [2.45, 2.75) is 32.5 Å². The average Bonchev–Trinajstić information content (AvgIpc) is 3.21. The van der Waals surface area contributed by atoms with Gasteiger partial charge in [-0.25, -0.2) is 0 Å². The van der Waals surface area contributed by atoms with E-state index in [1.807, 2.05) is 12.1 Å². The van der Waals surface area contributed by atoms with Gasteiger partial charge in [0.25, 0.3) is 11.1 Å². The van der Waals surface area contributed by atoms with Crippen LogP contribution in [0.25, 0.3) is 0 Å². The third-order valence-electron chi connectivity index (χ3n) is 4.89. The molecule has 4 rings (SSSR count). The van der Waals surface area contributed by atoms with E-state index >= 15 is 0 Å². The fraction of sp³-hybridized carbons (Fsp3) is 0.333. The van der Waals surface area contributed by atoms with Gasteiger partial charge in [0.05, 0.1) is 42.7 Å². The van der Waals surface area contributed by atoms with Crippen molar-refractivity contribution in [3.8, 4) is 5.19 Å². The molecule has 1 N–H and O–H groups in total. The Morgan fingerprint density at radius 3 is 2.71 bits per heavy atom. The van der Waals surface area contributed by atoms with E-state index in [2.05, 4.69) is 39.2 Å². The molecule has 1 aliphatic heterocycles.